The first-order chi connectivity index (χ1) is 12.7. The number of aryl methyl sites for hydroxylation is 1. The average molecular weight is 350 g/mol. The van der Waals surface area contributed by atoms with Gasteiger partial charge in [-0.25, -0.2) is 4.39 Å². The summed E-state index contributed by atoms with van der Waals surface area (Å²) < 4.78 is 19.4. The number of halogens is 1. The van der Waals surface area contributed by atoms with Crippen molar-refractivity contribution in [2.24, 2.45) is 0 Å². The molecule has 3 aromatic rings. The van der Waals surface area contributed by atoms with Crippen molar-refractivity contribution in [2.45, 2.75) is 32.4 Å². The lowest BCUT2D eigenvalue weighted by Gasteiger charge is -2.32. The highest BCUT2D eigenvalue weighted by Crippen LogP contribution is 2.28. The molecule has 0 atom stereocenters. The summed E-state index contributed by atoms with van der Waals surface area (Å²) in [5.41, 5.74) is 3.12. The Morgan fingerprint density at radius 3 is 2.58 bits per heavy atom. The molecule has 0 spiro atoms. The number of aromatic nitrogens is 1. The number of likely N-dealkylation sites (tertiary alicyclic amines) is 1. The van der Waals surface area contributed by atoms with Crippen LogP contribution >= 0.6 is 0 Å². The zero-order valence-corrected chi connectivity index (χ0v) is 15.0. The molecule has 4 rings (SSSR count). The van der Waals surface area contributed by atoms with Gasteiger partial charge in [0.25, 0.3) is 0 Å². The van der Waals surface area contributed by atoms with Crippen molar-refractivity contribution in [1.29, 1.82) is 0 Å². The first-order valence-corrected chi connectivity index (χ1v) is 9.17. The molecular weight excluding hydrogens is 327 g/mol. The Balaban J connectivity index is 1.39. The van der Waals surface area contributed by atoms with Gasteiger partial charge in [0.05, 0.1) is 5.52 Å². The van der Waals surface area contributed by atoms with Crippen LogP contribution in [-0.4, -0.2) is 29.1 Å². The fourth-order valence-electron chi connectivity index (χ4n) is 3.58. The van der Waals surface area contributed by atoms with Gasteiger partial charge in [-0.1, -0.05) is 24.3 Å². The predicted octanol–water partition coefficient (Wildman–Crippen LogP) is 4.73. The molecule has 1 fully saturated rings. The van der Waals surface area contributed by atoms with Crippen molar-refractivity contribution in [3.05, 3.63) is 71.7 Å². The zero-order valence-electron chi connectivity index (χ0n) is 15.0. The van der Waals surface area contributed by atoms with Crippen LogP contribution in [0.1, 0.15) is 24.1 Å². The molecule has 0 aliphatic carbocycles. The highest BCUT2D eigenvalue weighted by atomic mass is 19.1. The first kappa shape index (κ1) is 17.0. The highest BCUT2D eigenvalue weighted by Gasteiger charge is 2.21. The number of fused-ring (bicyclic) bond motifs is 1. The maximum atomic E-state index is 13.0. The van der Waals surface area contributed by atoms with E-state index in [2.05, 4.69) is 16.0 Å². The number of para-hydroxylation sites is 1. The van der Waals surface area contributed by atoms with Gasteiger partial charge in [-0.15, -0.1) is 0 Å². The van der Waals surface area contributed by atoms with E-state index in [0.717, 1.165) is 60.4 Å². The van der Waals surface area contributed by atoms with Crippen LogP contribution in [0.5, 0.6) is 5.75 Å². The van der Waals surface area contributed by atoms with E-state index in [4.69, 9.17) is 4.74 Å². The predicted molar refractivity (Wildman–Crippen MR) is 102 cm³/mol. The number of pyridine rings is 1. The number of ether oxygens (including phenoxy) is 1. The Hall–Kier alpha value is -2.46. The normalized spacial score (nSPS) is 16.1. The summed E-state index contributed by atoms with van der Waals surface area (Å²) in [6.45, 7) is 4.85. The third-order valence-electron chi connectivity index (χ3n) is 4.95. The Labute approximate surface area is 153 Å². The molecule has 1 aliphatic heterocycles. The Morgan fingerprint density at radius 2 is 1.81 bits per heavy atom. The van der Waals surface area contributed by atoms with Crippen LogP contribution in [0.3, 0.4) is 0 Å². The van der Waals surface area contributed by atoms with Crippen LogP contribution in [0.2, 0.25) is 0 Å². The van der Waals surface area contributed by atoms with Gasteiger partial charge in [0.2, 0.25) is 0 Å². The maximum Gasteiger partial charge on any atom is 0.130 e. The largest absolute Gasteiger partial charge is 0.490 e. The van der Waals surface area contributed by atoms with E-state index in [-0.39, 0.29) is 11.9 Å². The number of hydrogen-bond acceptors (Lipinski definition) is 3. The molecule has 0 unspecified atom stereocenters. The first-order valence-electron chi connectivity index (χ1n) is 9.17. The van der Waals surface area contributed by atoms with Gasteiger partial charge >= 0.3 is 0 Å². The van der Waals surface area contributed by atoms with E-state index in [0.29, 0.717) is 0 Å². The number of piperidine rings is 1. The van der Waals surface area contributed by atoms with Crippen molar-refractivity contribution in [3.8, 4) is 5.75 Å². The summed E-state index contributed by atoms with van der Waals surface area (Å²) in [6.07, 6.45) is 2.22. The lowest BCUT2D eigenvalue weighted by Crippen LogP contribution is -2.37. The molecular formula is C22H23FN2O. The van der Waals surface area contributed by atoms with Gasteiger partial charge in [0.15, 0.2) is 0 Å². The topological polar surface area (TPSA) is 25.4 Å². The number of nitrogens with zero attached hydrogens (tertiary/aromatic N) is 2. The van der Waals surface area contributed by atoms with Gasteiger partial charge in [-0.3, -0.25) is 9.88 Å². The fraction of sp³-hybridized carbons (Fsp3) is 0.318. The van der Waals surface area contributed by atoms with Gasteiger partial charge in [-0.2, -0.15) is 0 Å². The summed E-state index contributed by atoms with van der Waals surface area (Å²) in [4.78, 5) is 6.99. The van der Waals surface area contributed by atoms with E-state index in [1.54, 1.807) is 0 Å². The van der Waals surface area contributed by atoms with Gasteiger partial charge in [-0.05, 0) is 49.6 Å². The molecule has 1 aliphatic rings. The maximum absolute atomic E-state index is 13.0. The third kappa shape index (κ3) is 3.86. The van der Waals surface area contributed by atoms with Crippen LogP contribution in [0.15, 0.2) is 54.6 Å². The van der Waals surface area contributed by atoms with E-state index in [1.165, 1.54) is 12.1 Å². The minimum absolute atomic E-state index is 0.180. The quantitative estimate of drug-likeness (QED) is 0.680. The molecule has 0 N–H and O–H groups in total. The molecule has 2 heterocycles. The summed E-state index contributed by atoms with van der Waals surface area (Å²) in [6, 6.07) is 17.0. The van der Waals surface area contributed by atoms with E-state index < -0.39 is 0 Å². The lowest BCUT2D eigenvalue weighted by atomic mass is 10.1. The Kier molecular flexibility index (Phi) is 4.85. The molecule has 4 heteroatoms. The summed E-state index contributed by atoms with van der Waals surface area (Å²) in [5.74, 6) is 0.755. The van der Waals surface area contributed by atoms with Crippen LogP contribution < -0.4 is 4.74 Å². The molecule has 0 saturated carbocycles. The van der Waals surface area contributed by atoms with Crippen molar-refractivity contribution in [3.63, 3.8) is 0 Å². The number of benzene rings is 2. The highest BCUT2D eigenvalue weighted by molar-refractivity contribution is 5.85. The van der Waals surface area contributed by atoms with Crippen LogP contribution in [0, 0.1) is 12.7 Å². The molecule has 3 nitrogen and oxygen atoms in total. The zero-order chi connectivity index (χ0) is 17.9. The van der Waals surface area contributed by atoms with E-state index >= 15 is 0 Å². The molecule has 0 radical (unpaired) electrons. The lowest BCUT2D eigenvalue weighted by molar-refractivity contribution is 0.0979. The van der Waals surface area contributed by atoms with Crippen molar-refractivity contribution < 1.29 is 9.13 Å². The van der Waals surface area contributed by atoms with E-state index in [1.807, 2.05) is 43.3 Å². The van der Waals surface area contributed by atoms with Crippen molar-refractivity contribution in [2.75, 3.05) is 13.1 Å². The van der Waals surface area contributed by atoms with Crippen LogP contribution in [0.4, 0.5) is 4.39 Å². The Bertz CT molecular complexity index is 886. The van der Waals surface area contributed by atoms with E-state index in [9.17, 15) is 4.39 Å². The van der Waals surface area contributed by atoms with Gasteiger partial charge < -0.3 is 4.74 Å². The molecule has 2 aromatic carbocycles. The standard InChI is InChI=1S/C22H23FN2O/c1-16-14-22(20-4-2-3-5-21(20)24-16)26-19-10-12-25(13-11-19)15-17-6-8-18(23)9-7-17/h2-9,14,19H,10-13,15H2,1H3. The average Bonchev–Trinajstić information content (AvgIpc) is 2.65. The van der Waals surface area contributed by atoms with Crippen LogP contribution in [-0.2, 0) is 6.54 Å². The van der Waals surface area contributed by atoms with Crippen molar-refractivity contribution in [1.82, 2.24) is 9.88 Å². The fourth-order valence-corrected chi connectivity index (χ4v) is 3.58. The smallest absolute Gasteiger partial charge is 0.130 e. The molecule has 1 aromatic heterocycles. The second-order valence-electron chi connectivity index (χ2n) is 7.00. The number of rotatable bonds is 4. The monoisotopic (exact) mass is 350 g/mol. The van der Waals surface area contributed by atoms with Gasteiger partial charge in [0.1, 0.15) is 17.7 Å². The minimum atomic E-state index is -0.180. The SMILES string of the molecule is Cc1cc(OC2CCN(Cc3ccc(F)cc3)CC2)c2ccccc2n1. The summed E-state index contributed by atoms with van der Waals surface area (Å²) in [5, 5.41) is 1.08. The summed E-state index contributed by atoms with van der Waals surface area (Å²) >= 11 is 0. The minimum Gasteiger partial charge on any atom is -0.490 e. The molecule has 0 bridgehead atoms. The van der Waals surface area contributed by atoms with Gasteiger partial charge in [0, 0.05) is 36.8 Å². The molecule has 0 amide bonds. The third-order valence-corrected chi connectivity index (χ3v) is 4.95. The molecule has 26 heavy (non-hydrogen) atoms. The second kappa shape index (κ2) is 7.42. The number of hydrogen-bond donors (Lipinski definition) is 0. The van der Waals surface area contributed by atoms with Crippen LogP contribution in [0.25, 0.3) is 10.9 Å². The molecule has 1 saturated heterocycles. The summed E-state index contributed by atoms with van der Waals surface area (Å²) in [7, 11) is 0. The Morgan fingerprint density at radius 1 is 1.08 bits per heavy atom. The van der Waals surface area contributed by atoms with Crippen molar-refractivity contribution >= 4 is 10.9 Å². The molecule has 134 valence electrons. The second-order valence-corrected chi connectivity index (χ2v) is 7.00.